The smallest absolute Gasteiger partial charge is 0.419 e. The first-order valence-corrected chi connectivity index (χ1v) is 6.21. The fourth-order valence-electron chi connectivity index (χ4n) is 1.93. The average Bonchev–Trinajstić information content (AvgIpc) is 2.45. The van der Waals surface area contributed by atoms with Crippen LogP contribution in [0.15, 0.2) is 48.5 Å². The summed E-state index contributed by atoms with van der Waals surface area (Å²) in [5.41, 5.74) is 4.71. The molecule has 2 aromatic rings. The van der Waals surface area contributed by atoms with E-state index in [0.717, 1.165) is 6.07 Å². The van der Waals surface area contributed by atoms with Crippen LogP contribution >= 0.6 is 0 Å². The highest BCUT2D eigenvalue weighted by atomic mass is 19.4. The zero-order valence-electron chi connectivity index (χ0n) is 10.9. The van der Waals surface area contributed by atoms with E-state index in [2.05, 4.69) is 0 Å². The van der Waals surface area contributed by atoms with Gasteiger partial charge in [-0.15, -0.1) is 0 Å². The van der Waals surface area contributed by atoms with Gasteiger partial charge >= 0.3 is 6.18 Å². The first-order chi connectivity index (χ1) is 9.93. The maximum Gasteiger partial charge on any atom is 0.419 e. The third kappa shape index (κ3) is 3.52. The Hall–Kier alpha value is -2.08. The second kappa shape index (κ2) is 6.13. The van der Waals surface area contributed by atoms with Gasteiger partial charge in [0, 0.05) is 12.1 Å². The number of hydrogen-bond acceptors (Lipinski definition) is 2. The van der Waals surface area contributed by atoms with Crippen molar-refractivity contribution in [1.29, 1.82) is 0 Å². The molecule has 0 heterocycles. The molecule has 2 rings (SSSR count). The van der Waals surface area contributed by atoms with Crippen LogP contribution in [0.5, 0.6) is 5.75 Å². The van der Waals surface area contributed by atoms with Crippen LogP contribution in [0.2, 0.25) is 0 Å². The van der Waals surface area contributed by atoms with Crippen LogP contribution in [0.1, 0.15) is 17.2 Å². The number of rotatable bonds is 4. The average molecular weight is 299 g/mol. The molecule has 0 fully saturated rings. The Morgan fingerprint density at radius 2 is 1.62 bits per heavy atom. The lowest BCUT2D eigenvalue weighted by Crippen LogP contribution is -2.21. The van der Waals surface area contributed by atoms with Gasteiger partial charge < -0.3 is 10.5 Å². The predicted octanol–water partition coefficient (Wildman–Crippen LogP) is 3.92. The molecule has 0 aliphatic carbocycles. The van der Waals surface area contributed by atoms with Gasteiger partial charge in [0.1, 0.15) is 17.7 Å². The summed E-state index contributed by atoms with van der Waals surface area (Å²) in [5, 5.41) is 0. The van der Waals surface area contributed by atoms with Gasteiger partial charge in [-0.2, -0.15) is 13.2 Å². The van der Waals surface area contributed by atoms with Crippen LogP contribution in [-0.4, -0.2) is 6.54 Å². The number of para-hydroxylation sites is 1. The van der Waals surface area contributed by atoms with E-state index in [4.69, 9.17) is 10.5 Å². The lowest BCUT2D eigenvalue weighted by Gasteiger charge is -2.21. The summed E-state index contributed by atoms with van der Waals surface area (Å²) in [6.07, 6.45) is -5.54. The predicted molar refractivity (Wildman–Crippen MR) is 70.3 cm³/mol. The van der Waals surface area contributed by atoms with E-state index < -0.39 is 23.7 Å². The molecule has 0 aromatic heterocycles. The minimum Gasteiger partial charge on any atom is -0.484 e. The summed E-state index contributed by atoms with van der Waals surface area (Å²) in [7, 11) is 0. The number of alkyl halides is 3. The zero-order valence-corrected chi connectivity index (χ0v) is 10.9. The molecule has 0 bridgehead atoms. The molecule has 0 spiro atoms. The molecule has 0 saturated carbocycles. The molecule has 0 radical (unpaired) electrons. The number of halogens is 4. The van der Waals surface area contributed by atoms with Crippen molar-refractivity contribution in [3.63, 3.8) is 0 Å². The molecule has 2 N–H and O–H groups in total. The molecule has 0 aliphatic rings. The number of benzene rings is 2. The van der Waals surface area contributed by atoms with E-state index in [-0.39, 0.29) is 17.9 Å². The van der Waals surface area contributed by atoms with Crippen LogP contribution in [0, 0.1) is 5.82 Å². The summed E-state index contributed by atoms with van der Waals surface area (Å²) < 4.78 is 57.7. The molecule has 1 atom stereocenters. The van der Waals surface area contributed by atoms with Crippen molar-refractivity contribution in [2.24, 2.45) is 5.73 Å². The zero-order chi connectivity index (χ0) is 15.5. The molecule has 0 aliphatic heterocycles. The second-order valence-electron chi connectivity index (χ2n) is 4.36. The van der Waals surface area contributed by atoms with Gasteiger partial charge in [-0.3, -0.25) is 0 Å². The highest BCUT2D eigenvalue weighted by molar-refractivity contribution is 5.36. The maximum atomic E-state index is 13.7. The van der Waals surface area contributed by atoms with Crippen molar-refractivity contribution in [3.05, 3.63) is 65.5 Å². The standard InChI is InChI=1S/C15H13F4NO/c16-12-7-3-1-5-10(12)14(9-20)21-13-8-4-2-6-11(13)15(17,18)19/h1-8,14H,9,20H2. The van der Waals surface area contributed by atoms with Crippen LogP contribution < -0.4 is 10.5 Å². The maximum absolute atomic E-state index is 13.7. The summed E-state index contributed by atoms with van der Waals surface area (Å²) in [5.74, 6) is -0.943. The monoisotopic (exact) mass is 299 g/mol. The van der Waals surface area contributed by atoms with E-state index in [9.17, 15) is 17.6 Å². The van der Waals surface area contributed by atoms with Crippen LogP contribution in [0.4, 0.5) is 17.6 Å². The second-order valence-corrected chi connectivity index (χ2v) is 4.36. The van der Waals surface area contributed by atoms with E-state index >= 15 is 0 Å². The molecule has 2 nitrogen and oxygen atoms in total. The van der Waals surface area contributed by atoms with Crippen molar-refractivity contribution >= 4 is 0 Å². The lowest BCUT2D eigenvalue weighted by atomic mass is 10.1. The summed E-state index contributed by atoms with van der Waals surface area (Å²) in [4.78, 5) is 0. The van der Waals surface area contributed by atoms with E-state index in [1.807, 2.05) is 0 Å². The van der Waals surface area contributed by atoms with Crippen molar-refractivity contribution < 1.29 is 22.3 Å². The fraction of sp³-hybridized carbons (Fsp3) is 0.200. The van der Waals surface area contributed by atoms with Gasteiger partial charge in [0.15, 0.2) is 0 Å². The van der Waals surface area contributed by atoms with Crippen LogP contribution in [0.3, 0.4) is 0 Å². The Bertz CT molecular complexity index is 613. The molecule has 1 unspecified atom stereocenters. The highest BCUT2D eigenvalue weighted by Gasteiger charge is 2.34. The minimum absolute atomic E-state index is 0.122. The largest absolute Gasteiger partial charge is 0.484 e. The summed E-state index contributed by atoms with van der Waals surface area (Å²) in [6, 6.07) is 10.5. The Labute approximate surface area is 119 Å². The van der Waals surface area contributed by atoms with Crippen molar-refractivity contribution in [2.45, 2.75) is 12.3 Å². The molecule has 0 amide bonds. The molecule has 2 aromatic carbocycles. The van der Waals surface area contributed by atoms with Crippen LogP contribution in [-0.2, 0) is 6.18 Å². The van der Waals surface area contributed by atoms with Crippen LogP contribution in [0.25, 0.3) is 0 Å². The third-order valence-corrected chi connectivity index (χ3v) is 2.93. The Kier molecular flexibility index (Phi) is 4.47. The normalized spacial score (nSPS) is 13.0. The van der Waals surface area contributed by atoms with E-state index in [1.54, 1.807) is 6.07 Å². The number of ether oxygens (including phenoxy) is 1. The SMILES string of the molecule is NCC(Oc1ccccc1C(F)(F)F)c1ccccc1F. The Morgan fingerprint density at radius 1 is 1.00 bits per heavy atom. The van der Waals surface area contributed by atoms with Crippen molar-refractivity contribution in [1.82, 2.24) is 0 Å². The summed E-state index contributed by atoms with van der Waals surface area (Å²) >= 11 is 0. The lowest BCUT2D eigenvalue weighted by molar-refractivity contribution is -0.139. The van der Waals surface area contributed by atoms with Gasteiger partial charge in [0.2, 0.25) is 0 Å². The molecule has 112 valence electrons. The minimum atomic E-state index is -4.55. The summed E-state index contributed by atoms with van der Waals surface area (Å²) in [6.45, 7) is -0.146. The topological polar surface area (TPSA) is 35.2 Å². The fourth-order valence-corrected chi connectivity index (χ4v) is 1.93. The molecule has 0 saturated heterocycles. The first kappa shape index (κ1) is 15.3. The first-order valence-electron chi connectivity index (χ1n) is 6.21. The molecular formula is C15H13F4NO. The van der Waals surface area contributed by atoms with E-state index in [1.165, 1.54) is 36.4 Å². The highest BCUT2D eigenvalue weighted by Crippen LogP contribution is 2.37. The van der Waals surface area contributed by atoms with Gasteiger partial charge in [-0.25, -0.2) is 4.39 Å². The molecule has 6 heteroatoms. The Balaban J connectivity index is 2.34. The van der Waals surface area contributed by atoms with Crippen molar-refractivity contribution in [3.8, 4) is 5.75 Å². The molecular weight excluding hydrogens is 286 g/mol. The van der Waals surface area contributed by atoms with Crippen molar-refractivity contribution in [2.75, 3.05) is 6.54 Å². The number of nitrogens with two attached hydrogens (primary N) is 1. The quantitative estimate of drug-likeness (QED) is 0.868. The third-order valence-electron chi connectivity index (χ3n) is 2.93. The molecule has 21 heavy (non-hydrogen) atoms. The van der Waals surface area contributed by atoms with E-state index in [0.29, 0.717) is 0 Å². The van der Waals surface area contributed by atoms with Gasteiger partial charge in [0.25, 0.3) is 0 Å². The number of hydrogen-bond donors (Lipinski definition) is 1. The van der Waals surface area contributed by atoms with Gasteiger partial charge in [-0.1, -0.05) is 30.3 Å². The Morgan fingerprint density at radius 3 is 2.24 bits per heavy atom. The van der Waals surface area contributed by atoms with Gasteiger partial charge in [0.05, 0.1) is 5.56 Å². The van der Waals surface area contributed by atoms with Gasteiger partial charge in [-0.05, 0) is 18.2 Å².